The molecule has 0 aliphatic rings. The van der Waals surface area contributed by atoms with Crippen LogP contribution in [0.2, 0.25) is 0 Å². The third-order valence-electron chi connectivity index (χ3n) is 0.516. The van der Waals surface area contributed by atoms with Gasteiger partial charge in [-0.15, -0.1) is 0 Å². The molecule has 0 fully saturated rings. The maximum atomic E-state index is 10.4. The van der Waals surface area contributed by atoms with Crippen LogP contribution in [-0.4, -0.2) is 18.8 Å². The van der Waals surface area contributed by atoms with Crippen LogP contribution in [0.25, 0.3) is 0 Å². The molecule has 0 spiro atoms. The van der Waals surface area contributed by atoms with Crippen molar-refractivity contribution in [3.05, 3.63) is 0 Å². The fraction of sp³-hybridized carbons (Fsp3) is 0.750. The molecule has 0 bridgehead atoms. The molecular formula is C4H10N2OS. The average molecular weight is 134 g/mol. The first-order valence-electron chi connectivity index (χ1n) is 2.42. The van der Waals surface area contributed by atoms with Crippen LogP contribution >= 0.6 is 11.9 Å². The molecule has 0 saturated carbocycles. The van der Waals surface area contributed by atoms with E-state index in [1.165, 1.54) is 0 Å². The van der Waals surface area contributed by atoms with E-state index >= 15 is 0 Å². The minimum atomic E-state index is -0.0324. The Morgan fingerprint density at radius 2 is 2.38 bits per heavy atom. The zero-order valence-corrected chi connectivity index (χ0v) is 5.84. The van der Waals surface area contributed by atoms with Crippen LogP contribution in [0.15, 0.2) is 0 Å². The first kappa shape index (κ1) is 7.78. The summed E-state index contributed by atoms with van der Waals surface area (Å²) in [6.07, 6.45) is 0. The molecule has 3 nitrogen and oxygen atoms in total. The van der Waals surface area contributed by atoms with Gasteiger partial charge < -0.3 is 5.32 Å². The fourth-order valence-corrected chi connectivity index (χ4v) is 0.675. The highest BCUT2D eigenvalue weighted by atomic mass is 32.2. The first-order chi connectivity index (χ1) is 3.81. The largest absolute Gasteiger partial charge is 0.346 e. The summed E-state index contributed by atoms with van der Waals surface area (Å²) in [6.45, 7) is 2.57. The fourth-order valence-electron chi connectivity index (χ4n) is 0.273. The molecule has 0 aliphatic heterocycles. The minimum Gasteiger partial charge on any atom is -0.346 e. The Bertz CT molecular complexity index is 68.4. The molecule has 0 radical (unpaired) electrons. The van der Waals surface area contributed by atoms with Gasteiger partial charge in [0.05, 0.1) is 0 Å². The summed E-state index contributed by atoms with van der Waals surface area (Å²) < 4.78 is 2.66. The van der Waals surface area contributed by atoms with Crippen molar-refractivity contribution in [2.75, 3.05) is 13.6 Å². The van der Waals surface area contributed by atoms with E-state index in [1.54, 1.807) is 7.05 Å². The summed E-state index contributed by atoms with van der Waals surface area (Å²) in [6, 6.07) is 0. The lowest BCUT2D eigenvalue weighted by Gasteiger charge is -1.96. The maximum Gasteiger partial charge on any atom is 0.294 e. The molecule has 8 heavy (non-hydrogen) atoms. The van der Waals surface area contributed by atoms with Crippen LogP contribution in [0.3, 0.4) is 0 Å². The lowest BCUT2D eigenvalue weighted by Crippen LogP contribution is -2.19. The van der Waals surface area contributed by atoms with Gasteiger partial charge in [-0.1, -0.05) is 0 Å². The van der Waals surface area contributed by atoms with E-state index in [1.807, 2.05) is 6.92 Å². The maximum absolute atomic E-state index is 10.4. The summed E-state index contributed by atoms with van der Waals surface area (Å²) in [5, 5.41) is 2.58. The highest BCUT2D eigenvalue weighted by Gasteiger charge is 1.93. The summed E-state index contributed by atoms with van der Waals surface area (Å²) in [5.74, 6) is 0. The van der Waals surface area contributed by atoms with Crippen molar-refractivity contribution >= 4 is 17.2 Å². The monoisotopic (exact) mass is 134 g/mol. The van der Waals surface area contributed by atoms with Crippen molar-refractivity contribution in [3.63, 3.8) is 0 Å². The number of rotatable bonds is 2. The van der Waals surface area contributed by atoms with Crippen molar-refractivity contribution in [2.45, 2.75) is 6.92 Å². The highest BCUT2D eigenvalue weighted by molar-refractivity contribution is 8.11. The number of carbonyl (C=O) groups is 1. The lowest BCUT2D eigenvalue weighted by molar-refractivity contribution is 0.261. The standard InChI is InChI=1S/C4H10N2OS/c1-3-6-4(7)8-5-2/h5H,3H2,1-2H3,(H,6,7). The Morgan fingerprint density at radius 3 is 2.75 bits per heavy atom. The van der Waals surface area contributed by atoms with Gasteiger partial charge in [-0.2, -0.15) is 0 Å². The van der Waals surface area contributed by atoms with Crippen LogP contribution in [0, 0.1) is 0 Å². The molecule has 0 atom stereocenters. The van der Waals surface area contributed by atoms with Crippen molar-refractivity contribution in [1.82, 2.24) is 10.0 Å². The molecule has 48 valence electrons. The molecule has 0 saturated heterocycles. The van der Waals surface area contributed by atoms with Gasteiger partial charge in [-0.3, -0.25) is 9.52 Å². The second-order valence-corrected chi connectivity index (χ2v) is 2.11. The van der Waals surface area contributed by atoms with Crippen LogP contribution < -0.4 is 10.0 Å². The zero-order valence-electron chi connectivity index (χ0n) is 5.02. The topological polar surface area (TPSA) is 41.1 Å². The van der Waals surface area contributed by atoms with Crippen LogP contribution in [0.4, 0.5) is 4.79 Å². The van der Waals surface area contributed by atoms with Crippen LogP contribution in [0.5, 0.6) is 0 Å². The molecule has 0 heterocycles. The van der Waals surface area contributed by atoms with E-state index in [-0.39, 0.29) is 5.24 Å². The highest BCUT2D eigenvalue weighted by Crippen LogP contribution is 1.89. The molecular weight excluding hydrogens is 124 g/mol. The molecule has 0 unspecified atom stereocenters. The van der Waals surface area contributed by atoms with Gasteiger partial charge in [0.2, 0.25) is 0 Å². The van der Waals surface area contributed by atoms with E-state index in [4.69, 9.17) is 0 Å². The smallest absolute Gasteiger partial charge is 0.294 e. The van der Waals surface area contributed by atoms with Crippen LogP contribution in [0.1, 0.15) is 6.92 Å². The quantitative estimate of drug-likeness (QED) is 0.543. The molecule has 0 aromatic carbocycles. The minimum absolute atomic E-state index is 0.0324. The molecule has 0 aromatic rings. The molecule has 4 heteroatoms. The Balaban J connectivity index is 3.06. The van der Waals surface area contributed by atoms with Crippen molar-refractivity contribution in [2.24, 2.45) is 0 Å². The number of nitrogens with one attached hydrogen (secondary N) is 2. The first-order valence-corrected chi connectivity index (χ1v) is 3.24. The third kappa shape index (κ3) is 3.95. The lowest BCUT2D eigenvalue weighted by atomic mass is 10.8. The van der Waals surface area contributed by atoms with E-state index in [0.717, 1.165) is 11.9 Å². The normalized spacial score (nSPS) is 8.75. The molecule has 0 aromatic heterocycles. The van der Waals surface area contributed by atoms with Gasteiger partial charge in [-0.25, -0.2) is 0 Å². The number of hydrogen-bond acceptors (Lipinski definition) is 3. The number of carbonyl (C=O) groups excluding carboxylic acids is 1. The van der Waals surface area contributed by atoms with Crippen molar-refractivity contribution in [3.8, 4) is 0 Å². The van der Waals surface area contributed by atoms with Crippen molar-refractivity contribution in [1.29, 1.82) is 0 Å². The van der Waals surface area contributed by atoms with Gasteiger partial charge in [0.1, 0.15) is 0 Å². The Hall–Kier alpha value is -0.220. The van der Waals surface area contributed by atoms with Crippen LogP contribution in [-0.2, 0) is 0 Å². The van der Waals surface area contributed by atoms with Gasteiger partial charge in [0.25, 0.3) is 5.24 Å². The SMILES string of the molecule is CCNC(=O)SNC. The molecule has 0 aliphatic carbocycles. The Kier molecular flexibility index (Phi) is 4.79. The number of hydrogen-bond donors (Lipinski definition) is 2. The van der Waals surface area contributed by atoms with E-state index in [0.29, 0.717) is 6.54 Å². The van der Waals surface area contributed by atoms with Gasteiger partial charge in [0.15, 0.2) is 0 Å². The van der Waals surface area contributed by atoms with E-state index in [2.05, 4.69) is 10.0 Å². The predicted octanol–water partition coefficient (Wildman–Crippen LogP) is 0.584. The van der Waals surface area contributed by atoms with E-state index < -0.39 is 0 Å². The summed E-state index contributed by atoms with van der Waals surface area (Å²) in [7, 11) is 1.71. The third-order valence-corrected chi connectivity index (χ3v) is 1.05. The van der Waals surface area contributed by atoms with E-state index in [9.17, 15) is 4.79 Å². The summed E-state index contributed by atoms with van der Waals surface area (Å²) in [5.41, 5.74) is 0. The van der Waals surface area contributed by atoms with Crippen molar-refractivity contribution < 1.29 is 4.79 Å². The zero-order chi connectivity index (χ0) is 6.41. The predicted molar refractivity (Wildman–Crippen MR) is 35.7 cm³/mol. The Morgan fingerprint density at radius 1 is 1.75 bits per heavy atom. The molecule has 1 amide bonds. The summed E-state index contributed by atoms with van der Waals surface area (Å²) in [4.78, 5) is 10.4. The average Bonchev–Trinajstić information content (AvgIpc) is 1.68. The number of amides is 1. The second kappa shape index (κ2) is 4.93. The second-order valence-electron chi connectivity index (χ2n) is 1.12. The van der Waals surface area contributed by atoms with Gasteiger partial charge in [-0.05, 0) is 14.0 Å². The summed E-state index contributed by atoms with van der Waals surface area (Å²) >= 11 is 1.06. The molecule has 0 rings (SSSR count). The van der Waals surface area contributed by atoms with Gasteiger partial charge >= 0.3 is 0 Å². The van der Waals surface area contributed by atoms with Gasteiger partial charge in [0, 0.05) is 18.5 Å². The molecule has 2 N–H and O–H groups in total. The Labute approximate surface area is 53.4 Å².